The zero-order valence-electron chi connectivity index (χ0n) is 14.0. The highest BCUT2D eigenvalue weighted by Crippen LogP contribution is 2.22. The van der Waals surface area contributed by atoms with Crippen molar-refractivity contribution in [1.29, 1.82) is 0 Å². The normalized spacial score (nSPS) is 9.71. The van der Waals surface area contributed by atoms with Gasteiger partial charge in [0.05, 0.1) is 22.3 Å². The number of benzene rings is 2. The number of nitrogens with two attached hydrogens (primary N) is 4. The molecule has 12 nitrogen and oxygen atoms in total. The molecule has 2 aromatic rings. The lowest BCUT2D eigenvalue weighted by atomic mass is 10.1. The molecule has 0 aliphatic carbocycles. The largest absolute Gasteiger partial charge is 0.478 e. The predicted molar refractivity (Wildman–Crippen MR) is 98.4 cm³/mol. The molecule has 0 heterocycles. The number of hydrogen-bond acceptors (Lipinski definition) is 8. The molecule has 2 rings (SSSR count). The third kappa shape index (κ3) is 4.78. The van der Waals surface area contributed by atoms with Crippen molar-refractivity contribution in [3.05, 3.63) is 46.5 Å². The molecule has 2 aromatic carbocycles. The van der Waals surface area contributed by atoms with Crippen LogP contribution in [0.4, 0.5) is 22.7 Å². The van der Waals surface area contributed by atoms with Gasteiger partial charge in [0.2, 0.25) is 0 Å². The lowest BCUT2D eigenvalue weighted by Crippen LogP contribution is -2.09. The Balaban J connectivity index is 0.000000280. The van der Waals surface area contributed by atoms with E-state index in [9.17, 15) is 19.2 Å². The van der Waals surface area contributed by atoms with E-state index in [0.717, 1.165) is 24.3 Å². The average molecular weight is 392 g/mol. The first-order chi connectivity index (χ1) is 12.9. The summed E-state index contributed by atoms with van der Waals surface area (Å²) >= 11 is 0. The van der Waals surface area contributed by atoms with Gasteiger partial charge in [0.15, 0.2) is 0 Å². The maximum atomic E-state index is 10.6. The van der Waals surface area contributed by atoms with Crippen molar-refractivity contribution in [1.82, 2.24) is 0 Å². The number of rotatable bonds is 4. The van der Waals surface area contributed by atoms with Gasteiger partial charge in [-0.15, -0.1) is 0 Å². The molecule has 0 aliphatic rings. The number of hydrogen-bond donors (Lipinski definition) is 8. The third-order valence-corrected chi connectivity index (χ3v) is 3.37. The first-order valence-electron chi connectivity index (χ1n) is 7.18. The van der Waals surface area contributed by atoms with Crippen LogP contribution in [0.3, 0.4) is 0 Å². The summed E-state index contributed by atoms with van der Waals surface area (Å²) in [5, 5.41) is 34.5. The molecular formula is C16H16N4O8. The van der Waals surface area contributed by atoms with E-state index in [-0.39, 0.29) is 45.0 Å². The minimum atomic E-state index is -1.24. The van der Waals surface area contributed by atoms with Gasteiger partial charge in [0, 0.05) is 22.7 Å². The van der Waals surface area contributed by atoms with Gasteiger partial charge in [0.25, 0.3) is 0 Å². The summed E-state index contributed by atoms with van der Waals surface area (Å²) in [6.45, 7) is 0. The first-order valence-corrected chi connectivity index (χ1v) is 7.18. The highest BCUT2D eigenvalue weighted by molar-refractivity contribution is 6.02. The molecule has 12 N–H and O–H groups in total. The maximum absolute atomic E-state index is 10.6. The van der Waals surface area contributed by atoms with Crippen LogP contribution >= 0.6 is 0 Å². The minimum Gasteiger partial charge on any atom is -0.478 e. The zero-order valence-corrected chi connectivity index (χ0v) is 14.0. The second-order valence-corrected chi connectivity index (χ2v) is 5.27. The molecule has 0 fully saturated rings. The fraction of sp³-hybridized carbons (Fsp3) is 0. The maximum Gasteiger partial charge on any atom is 0.337 e. The van der Waals surface area contributed by atoms with E-state index in [0.29, 0.717) is 0 Å². The van der Waals surface area contributed by atoms with Gasteiger partial charge in [-0.05, 0) is 24.3 Å². The highest BCUT2D eigenvalue weighted by Gasteiger charge is 2.16. The molecule has 12 heteroatoms. The van der Waals surface area contributed by atoms with E-state index in [1.165, 1.54) is 0 Å². The second-order valence-electron chi connectivity index (χ2n) is 5.27. The Morgan fingerprint density at radius 1 is 0.464 bits per heavy atom. The average Bonchev–Trinajstić information content (AvgIpc) is 2.57. The fourth-order valence-electron chi connectivity index (χ4n) is 2.01. The van der Waals surface area contributed by atoms with E-state index in [1.54, 1.807) is 0 Å². The SMILES string of the molecule is Nc1cc(C(=O)O)c(N)cc1C(=O)O.Nc1cc(C(=O)O)c(N)cc1C(=O)O. The molecule has 0 atom stereocenters. The lowest BCUT2D eigenvalue weighted by Gasteiger charge is -2.05. The van der Waals surface area contributed by atoms with E-state index in [2.05, 4.69) is 0 Å². The van der Waals surface area contributed by atoms with Crippen LogP contribution in [0.15, 0.2) is 24.3 Å². The monoisotopic (exact) mass is 392 g/mol. The van der Waals surface area contributed by atoms with Gasteiger partial charge < -0.3 is 43.4 Å². The molecule has 0 amide bonds. The molecule has 0 radical (unpaired) electrons. The van der Waals surface area contributed by atoms with Gasteiger partial charge in [0.1, 0.15) is 0 Å². The Morgan fingerprint density at radius 2 is 0.607 bits per heavy atom. The van der Waals surface area contributed by atoms with Gasteiger partial charge in [-0.25, -0.2) is 19.2 Å². The van der Waals surface area contributed by atoms with Crippen molar-refractivity contribution in [2.45, 2.75) is 0 Å². The molecule has 28 heavy (non-hydrogen) atoms. The molecule has 0 aromatic heterocycles. The Bertz CT molecular complexity index is 828. The van der Waals surface area contributed by atoms with Crippen molar-refractivity contribution in [3.8, 4) is 0 Å². The van der Waals surface area contributed by atoms with Crippen molar-refractivity contribution < 1.29 is 39.6 Å². The van der Waals surface area contributed by atoms with Crippen LogP contribution in [0.25, 0.3) is 0 Å². The topological polar surface area (TPSA) is 253 Å². The molecule has 0 saturated heterocycles. The molecular weight excluding hydrogens is 376 g/mol. The zero-order chi connectivity index (χ0) is 21.8. The van der Waals surface area contributed by atoms with Gasteiger partial charge in [-0.3, -0.25) is 0 Å². The molecule has 0 spiro atoms. The smallest absolute Gasteiger partial charge is 0.337 e. The Kier molecular flexibility index (Phi) is 6.37. The summed E-state index contributed by atoms with van der Waals surface area (Å²) < 4.78 is 0. The van der Waals surface area contributed by atoms with Crippen LogP contribution in [-0.2, 0) is 0 Å². The van der Waals surface area contributed by atoms with Gasteiger partial charge in [-0.1, -0.05) is 0 Å². The minimum absolute atomic E-state index is 0.121. The molecule has 148 valence electrons. The molecule has 0 bridgehead atoms. The van der Waals surface area contributed by atoms with E-state index >= 15 is 0 Å². The summed E-state index contributed by atoms with van der Waals surface area (Å²) in [5.74, 6) is -4.98. The third-order valence-electron chi connectivity index (χ3n) is 3.37. The van der Waals surface area contributed by atoms with Crippen molar-refractivity contribution >= 4 is 46.6 Å². The van der Waals surface area contributed by atoms with Crippen molar-refractivity contribution in [2.24, 2.45) is 0 Å². The van der Waals surface area contributed by atoms with E-state index in [1.807, 2.05) is 0 Å². The first kappa shape index (κ1) is 21.6. The summed E-state index contributed by atoms with van der Waals surface area (Å²) in [6.07, 6.45) is 0. The quantitative estimate of drug-likeness (QED) is 0.331. The van der Waals surface area contributed by atoms with Crippen molar-refractivity contribution in [3.63, 3.8) is 0 Å². The standard InChI is InChI=1S/2C8H8N2O4/c2*9-5-1-3(7(11)12)6(10)2-4(5)8(13)14/h2*1-2H,9-10H2,(H,11,12)(H,13,14). The Morgan fingerprint density at radius 3 is 0.714 bits per heavy atom. The lowest BCUT2D eigenvalue weighted by molar-refractivity contribution is 0.0683. The Labute approximate surface area is 156 Å². The summed E-state index contributed by atoms with van der Waals surface area (Å²) in [6, 6.07) is 4.12. The van der Waals surface area contributed by atoms with Crippen LogP contribution in [0.5, 0.6) is 0 Å². The molecule has 0 aliphatic heterocycles. The number of aromatic carboxylic acids is 4. The number of carboxylic acids is 4. The van der Waals surface area contributed by atoms with Crippen LogP contribution in [0.2, 0.25) is 0 Å². The summed E-state index contributed by atoms with van der Waals surface area (Å²) in [7, 11) is 0. The van der Waals surface area contributed by atoms with Crippen molar-refractivity contribution in [2.75, 3.05) is 22.9 Å². The number of anilines is 4. The molecule has 0 saturated carbocycles. The van der Waals surface area contributed by atoms with Crippen LogP contribution in [0.1, 0.15) is 41.4 Å². The van der Waals surface area contributed by atoms with Gasteiger partial charge in [-0.2, -0.15) is 0 Å². The number of carboxylic acid groups (broad SMARTS) is 4. The summed E-state index contributed by atoms with van der Waals surface area (Å²) in [4.78, 5) is 42.3. The fourth-order valence-corrected chi connectivity index (χ4v) is 2.01. The highest BCUT2D eigenvalue weighted by atomic mass is 16.4. The second kappa shape index (κ2) is 8.27. The molecule has 0 unspecified atom stereocenters. The summed E-state index contributed by atoms with van der Waals surface area (Å²) in [5.41, 5.74) is 20.0. The van der Waals surface area contributed by atoms with Crippen LogP contribution in [-0.4, -0.2) is 44.3 Å². The van der Waals surface area contributed by atoms with Crippen LogP contribution in [0, 0.1) is 0 Å². The van der Waals surface area contributed by atoms with E-state index < -0.39 is 23.9 Å². The van der Waals surface area contributed by atoms with E-state index in [4.69, 9.17) is 43.4 Å². The number of nitrogen functional groups attached to an aromatic ring is 4. The number of carbonyl (C=O) groups is 4. The van der Waals surface area contributed by atoms with Crippen LogP contribution < -0.4 is 22.9 Å². The predicted octanol–water partition coefficient (Wildman–Crippen LogP) is 0.495. The Hall–Kier alpha value is -4.48. The van der Waals surface area contributed by atoms with Gasteiger partial charge >= 0.3 is 23.9 Å².